The quantitative estimate of drug-likeness (QED) is 0.631. The summed E-state index contributed by atoms with van der Waals surface area (Å²) in [6.45, 7) is 1.76. The molecule has 0 unspecified atom stereocenters. The van der Waals surface area contributed by atoms with Crippen LogP contribution < -0.4 is 14.8 Å². The number of ether oxygens (including phenoxy) is 4. The summed E-state index contributed by atoms with van der Waals surface area (Å²) in [5, 5.41) is 4.24. The average Bonchev–Trinajstić information content (AvgIpc) is 2.70. The Bertz CT molecular complexity index is 892. The molecule has 0 fully saturated rings. The number of anilines is 1. The van der Waals surface area contributed by atoms with Gasteiger partial charge in [0.05, 0.1) is 18.7 Å². The van der Waals surface area contributed by atoms with E-state index in [1.807, 2.05) is 24.3 Å². The van der Waals surface area contributed by atoms with Crippen LogP contribution in [-0.2, 0) is 14.3 Å². The summed E-state index contributed by atoms with van der Waals surface area (Å²) in [4.78, 5) is 15.8. The molecule has 0 radical (unpaired) electrons. The van der Waals surface area contributed by atoms with Gasteiger partial charge in [-0.2, -0.15) is 0 Å². The fourth-order valence-corrected chi connectivity index (χ4v) is 2.74. The number of fused-ring (bicyclic) bond motifs is 1. The molecule has 0 spiro atoms. The summed E-state index contributed by atoms with van der Waals surface area (Å²) in [5.74, 6) is 1.31. The lowest BCUT2D eigenvalue weighted by Gasteiger charge is -2.16. The Hall–Kier alpha value is -2.90. The van der Waals surface area contributed by atoms with Gasteiger partial charge in [0, 0.05) is 49.7 Å². The molecule has 0 saturated carbocycles. The van der Waals surface area contributed by atoms with Crippen LogP contribution >= 0.6 is 0 Å². The van der Waals surface area contributed by atoms with Crippen LogP contribution in [0.4, 0.5) is 5.69 Å². The number of pyridine rings is 1. The topological polar surface area (TPSA) is 78.9 Å². The van der Waals surface area contributed by atoms with E-state index in [0.29, 0.717) is 44.3 Å². The van der Waals surface area contributed by atoms with Gasteiger partial charge in [0.2, 0.25) is 0 Å². The fourth-order valence-electron chi connectivity index (χ4n) is 2.74. The molecule has 7 nitrogen and oxygen atoms in total. The molecular weight excluding hydrogens is 360 g/mol. The number of nitrogens with one attached hydrogen (secondary N) is 1. The average molecular weight is 384 g/mol. The van der Waals surface area contributed by atoms with E-state index in [-0.39, 0.29) is 5.78 Å². The van der Waals surface area contributed by atoms with Crippen molar-refractivity contribution in [1.29, 1.82) is 0 Å². The van der Waals surface area contributed by atoms with E-state index in [9.17, 15) is 4.79 Å². The Morgan fingerprint density at radius 3 is 2.36 bits per heavy atom. The molecule has 0 amide bonds. The monoisotopic (exact) mass is 384 g/mol. The Labute approximate surface area is 163 Å². The van der Waals surface area contributed by atoms with Gasteiger partial charge in [0.15, 0.2) is 17.3 Å². The predicted octanol–water partition coefficient (Wildman–Crippen LogP) is 3.11. The highest BCUT2D eigenvalue weighted by atomic mass is 16.5. The molecule has 1 aromatic heterocycles. The molecule has 0 saturated heterocycles. The van der Waals surface area contributed by atoms with Gasteiger partial charge in [0.25, 0.3) is 0 Å². The van der Waals surface area contributed by atoms with Crippen molar-refractivity contribution in [2.24, 2.45) is 0 Å². The molecule has 1 N–H and O–H groups in total. The molecule has 28 heavy (non-hydrogen) atoms. The second-order valence-electron chi connectivity index (χ2n) is 6.15. The van der Waals surface area contributed by atoms with Gasteiger partial charge in [-0.25, -0.2) is 0 Å². The number of hydrogen-bond acceptors (Lipinski definition) is 7. The summed E-state index contributed by atoms with van der Waals surface area (Å²) >= 11 is 0. The lowest BCUT2D eigenvalue weighted by Crippen LogP contribution is -2.09. The Morgan fingerprint density at radius 1 is 1.00 bits per heavy atom. The minimum absolute atomic E-state index is 0.0943. The van der Waals surface area contributed by atoms with Gasteiger partial charge in [-0.3, -0.25) is 9.78 Å². The fraction of sp³-hybridized carbons (Fsp3) is 0.333. The van der Waals surface area contributed by atoms with Crippen LogP contribution in [0.1, 0.15) is 6.42 Å². The molecule has 1 aliphatic carbocycles. The zero-order chi connectivity index (χ0) is 19.8. The van der Waals surface area contributed by atoms with E-state index < -0.39 is 0 Å². The number of allylic oxidation sites excluding steroid dienone is 3. The third-order valence-corrected chi connectivity index (χ3v) is 4.15. The first-order valence-electron chi connectivity index (χ1n) is 9.05. The largest absolute Gasteiger partial charge is 0.487 e. The van der Waals surface area contributed by atoms with Crippen LogP contribution in [-0.4, -0.2) is 51.4 Å². The van der Waals surface area contributed by atoms with E-state index in [2.05, 4.69) is 10.3 Å². The smallest absolute Gasteiger partial charge is 0.163 e. The molecule has 1 aromatic carbocycles. The number of ketones is 1. The van der Waals surface area contributed by atoms with E-state index in [4.69, 9.17) is 18.9 Å². The maximum absolute atomic E-state index is 11.4. The van der Waals surface area contributed by atoms with Crippen LogP contribution in [0, 0.1) is 0 Å². The molecule has 3 rings (SSSR count). The van der Waals surface area contributed by atoms with Crippen LogP contribution in [0.2, 0.25) is 0 Å². The van der Waals surface area contributed by atoms with Crippen molar-refractivity contribution >= 4 is 22.4 Å². The number of nitrogens with zero attached hydrogens (tertiary/aromatic N) is 1. The van der Waals surface area contributed by atoms with E-state index in [0.717, 1.165) is 22.3 Å². The number of rotatable bonds is 10. The second-order valence-corrected chi connectivity index (χ2v) is 6.15. The van der Waals surface area contributed by atoms with E-state index in [1.165, 1.54) is 0 Å². The first-order chi connectivity index (χ1) is 13.7. The number of carbonyl (C=O) groups excluding carboxylic acids is 1. The van der Waals surface area contributed by atoms with E-state index >= 15 is 0 Å². The molecular formula is C21H24N2O5. The molecule has 0 aliphatic heterocycles. The van der Waals surface area contributed by atoms with Gasteiger partial charge in [0.1, 0.15) is 13.2 Å². The zero-order valence-electron chi connectivity index (χ0n) is 16.1. The van der Waals surface area contributed by atoms with Gasteiger partial charge in [-0.1, -0.05) is 6.08 Å². The van der Waals surface area contributed by atoms with Gasteiger partial charge < -0.3 is 24.3 Å². The van der Waals surface area contributed by atoms with Gasteiger partial charge in [-0.05, 0) is 24.3 Å². The first kappa shape index (κ1) is 19.9. The highest BCUT2D eigenvalue weighted by Gasteiger charge is 2.13. The molecule has 2 aromatic rings. The number of benzene rings is 1. The summed E-state index contributed by atoms with van der Waals surface area (Å²) in [5.41, 5.74) is 2.51. The highest BCUT2D eigenvalue weighted by molar-refractivity contribution is 5.96. The van der Waals surface area contributed by atoms with Gasteiger partial charge >= 0.3 is 0 Å². The number of methoxy groups -OCH3 is 2. The standard InChI is InChI=1S/C21H24N2O5/c1-25-9-11-27-20-13-17-18(23-15-3-5-16(24)6-4-15)7-8-22-19(17)14-21(20)28-12-10-26-2/h3-5,7-8,13-14H,6,9-12H2,1-2H3,(H,22,23). The number of hydrogen-bond donors (Lipinski definition) is 1. The van der Waals surface area contributed by atoms with Crippen molar-refractivity contribution in [2.75, 3.05) is 46.0 Å². The van der Waals surface area contributed by atoms with Crippen LogP contribution in [0.15, 0.2) is 48.3 Å². The van der Waals surface area contributed by atoms with Gasteiger partial charge in [-0.15, -0.1) is 0 Å². The number of carbonyl (C=O) groups is 1. The van der Waals surface area contributed by atoms with Crippen molar-refractivity contribution < 1.29 is 23.7 Å². The molecule has 1 heterocycles. The second kappa shape index (κ2) is 9.87. The first-order valence-corrected chi connectivity index (χ1v) is 9.05. The summed E-state index contributed by atoms with van der Waals surface area (Å²) < 4.78 is 21.8. The molecule has 1 aliphatic rings. The summed E-state index contributed by atoms with van der Waals surface area (Å²) in [7, 11) is 3.25. The summed E-state index contributed by atoms with van der Waals surface area (Å²) in [6, 6.07) is 5.64. The van der Waals surface area contributed by atoms with E-state index in [1.54, 1.807) is 32.6 Å². The van der Waals surface area contributed by atoms with Crippen molar-refractivity contribution in [3.63, 3.8) is 0 Å². The van der Waals surface area contributed by atoms with Crippen molar-refractivity contribution in [2.45, 2.75) is 6.42 Å². The third kappa shape index (κ3) is 5.09. The molecule has 7 heteroatoms. The minimum Gasteiger partial charge on any atom is -0.487 e. The van der Waals surface area contributed by atoms with Crippen molar-refractivity contribution in [3.05, 3.63) is 48.3 Å². The Kier molecular flexibility index (Phi) is 7.00. The molecule has 148 valence electrons. The highest BCUT2D eigenvalue weighted by Crippen LogP contribution is 2.35. The van der Waals surface area contributed by atoms with Crippen molar-refractivity contribution in [1.82, 2.24) is 4.98 Å². The predicted molar refractivity (Wildman–Crippen MR) is 107 cm³/mol. The lowest BCUT2D eigenvalue weighted by molar-refractivity contribution is -0.113. The third-order valence-electron chi connectivity index (χ3n) is 4.15. The van der Waals surface area contributed by atoms with Crippen molar-refractivity contribution in [3.8, 4) is 11.5 Å². The lowest BCUT2D eigenvalue weighted by atomic mass is 10.1. The number of aromatic nitrogens is 1. The molecule has 0 atom stereocenters. The molecule has 0 bridgehead atoms. The summed E-state index contributed by atoms with van der Waals surface area (Å²) in [6.07, 6.45) is 7.34. The normalized spacial score (nSPS) is 13.5. The van der Waals surface area contributed by atoms with Crippen LogP contribution in [0.25, 0.3) is 10.9 Å². The van der Waals surface area contributed by atoms with Crippen LogP contribution in [0.5, 0.6) is 11.5 Å². The maximum Gasteiger partial charge on any atom is 0.163 e. The Morgan fingerprint density at radius 2 is 1.71 bits per heavy atom. The van der Waals surface area contributed by atoms with Crippen LogP contribution in [0.3, 0.4) is 0 Å². The minimum atomic E-state index is 0.0943. The Balaban J connectivity index is 1.91. The maximum atomic E-state index is 11.4. The zero-order valence-corrected chi connectivity index (χ0v) is 16.1. The SMILES string of the molecule is COCCOc1cc2nccc(NC3=CCC(=O)C=C3)c2cc1OCCOC.